The lowest BCUT2D eigenvalue weighted by Gasteiger charge is -2.08. The Labute approximate surface area is 120 Å². The van der Waals surface area contributed by atoms with Crippen LogP contribution in [-0.2, 0) is 0 Å². The number of hydrogen-bond donors (Lipinski definition) is 2. The monoisotopic (exact) mass is 287 g/mol. The molecule has 0 atom stereocenters. The van der Waals surface area contributed by atoms with Crippen molar-refractivity contribution in [1.82, 2.24) is 9.97 Å². The molecule has 0 saturated heterocycles. The van der Waals surface area contributed by atoms with E-state index in [2.05, 4.69) is 15.4 Å². The van der Waals surface area contributed by atoms with Gasteiger partial charge in [0.05, 0.1) is 4.92 Å². The highest BCUT2D eigenvalue weighted by atomic mass is 16.6. The first-order valence-electron chi connectivity index (χ1n) is 6.43. The summed E-state index contributed by atoms with van der Waals surface area (Å²) in [4.78, 5) is 18.8. The van der Waals surface area contributed by atoms with Gasteiger partial charge in [-0.2, -0.15) is 4.98 Å². The third-order valence-corrected chi connectivity index (χ3v) is 3.08. The van der Waals surface area contributed by atoms with Crippen LogP contribution in [0.4, 0.5) is 11.5 Å². The standard InChI is InChI=1S/C13H13N5O3/c14-17-11-7-12(16-13(15-11)8-1-2-8)21-10-5-3-9(4-6-10)18(19)20/h3-8H,1-2,14H2,(H,15,16,17). The Kier molecular flexibility index (Phi) is 3.36. The lowest BCUT2D eigenvalue weighted by molar-refractivity contribution is -0.384. The molecule has 1 aliphatic carbocycles. The Bertz CT molecular complexity index is 670. The maximum Gasteiger partial charge on any atom is 0.269 e. The van der Waals surface area contributed by atoms with Crippen LogP contribution in [0.1, 0.15) is 24.6 Å². The number of hydrazine groups is 1. The maximum atomic E-state index is 10.6. The molecule has 1 heterocycles. The van der Waals surface area contributed by atoms with Crippen molar-refractivity contribution in [2.24, 2.45) is 5.84 Å². The SMILES string of the molecule is NNc1cc(Oc2ccc([N+](=O)[O-])cc2)nc(C2CC2)n1. The first kappa shape index (κ1) is 13.3. The van der Waals surface area contributed by atoms with Gasteiger partial charge in [0.2, 0.25) is 5.88 Å². The van der Waals surface area contributed by atoms with Crippen molar-refractivity contribution in [3.8, 4) is 11.6 Å². The number of non-ortho nitro benzene ring substituents is 1. The molecule has 21 heavy (non-hydrogen) atoms. The first-order valence-corrected chi connectivity index (χ1v) is 6.43. The quantitative estimate of drug-likeness (QED) is 0.492. The van der Waals surface area contributed by atoms with Gasteiger partial charge in [-0.3, -0.25) is 10.1 Å². The van der Waals surface area contributed by atoms with Gasteiger partial charge in [-0.1, -0.05) is 0 Å². The Morgan fingerprint density at radius 1 is 1.29 bits per heavy atom. The molecule has 0 spiro atoms. The normalized spacial score (nSPS) is 13.8. The molecule has 108 valence electrons. The summed E-state index contributed by atoms with van der Waals surface area (Å²) in [5, 5.41) is 10.6. The topological polar surface area (TPSA) is 116 Å². The third kappa shape index (κ3) is 3.06. The van der Waals surface area contributed by atoms with Gasteiger partial charge >= 0.3 is 0 Å². The number of rotatable bonds is 5. The van der Waals surface area contributed by atoms with E-state index in [1.54, 1.807) is 6.07 Å². The molecule has 1 fully saturated rings. The minimum Gasteiger partial charge on any atom is -0.439 e. The van der Waals surface area contributed by atoms with E-state index >= 15 is 0 Å². The van der Waals surface area contributed by atoms with Crippen LogP contribution in [0.25, 0.3) is 0 Å². The van der Waals surface area contributed by atoms with Crippen LogP contribution in [-0.4, -0.2) is 14.9 Å². The van der Waals surface area contributed by atoms with Crippen LogP contribution in [0.5, 0.6) is 11.6 Å². The fourth-order valence-corrected chi connectivity index (χ4v) is 1.85. The van der Waals surface area contributed by atoms with E-state index in [0.717, 1.165) is 12.8 Å². The molecule has 0 aliphatic heterocycles. The number of ether oxygens (including phenoxy) is 1. The Balaban J connectivity index is 1.83. The molecule has 1 aromatic heterocycles. The van der Waals surface area contributed by atoms with Crippen molar-refractivity contribution in [1.29, 1.82) is 0 Å². The van der Waals surface area contributed by atoms with E-state index in [-0.39, 0.29) is 5.69 Å². The van der Waals surface area contributed by atoms with Gasteiger partial charge in [0.1, 0.15) is 17.4 Å². The average Bonchev–Trinajstić information content (AvgIpc) is 3.32. The van der Waals surface area contributed by atoms with Gasteiger partial charge in [0.25, 0.3) is 5.69 Å². The van der Waals surface area contributed by atoms with E-state index in [0.29, 0.717) is 29.2 Å². The highest BCUT2D eigenvalue weighted by Gasteiger charge is 2.27. The van der Waals surface area contributed by atoms with Crippen molar-refractivity contribution < 1.29 is 9.66 Å². The lowest BCUT2D eigenvalue weighted by atomic mass is 10.3. The Morgan fingerprint density at radius 2 is 2.00 bits per heavy atom. The highest BCUT2D eigenvalue weighted by molar-refractivity contribution is 5.41. The zero-order chi connectivity index (χ0) is 14.8. The summed E-state index contributed by atoms with van der Waals surface area (Å²) in [6.07, 6.45) is 2.12. The summed E-state index contributed by atoms with van der Waals surface area (Å²) in [5.74, 6) is 7.73. The number of nitrogens with one attached hydrogen (secondary N) is 1. The van der Waals surface area contributed by atoms with Gasteiger partial charge < -0.3 is 10.2 Å². The van der Waals surface area contributed by atoms with E-state index in [1.165, 1.54) is 24.3 Å². The van der Waals surface area contributed by atoms with Crippen molar-refractivity contribution in [2.75, 3.05) is 5.43 Å². The zero-order valence-electron chi connectivity index (χ0n) is 11.0. The first-order chi connectivity index (χ1) is 10.2. The minimum atomic E-state index is -0.462. The number of nitrogens with two attached hydrogens (primary N) is 1. The summed E-state index contributed by atoms with van der Waals surface area (Å²) < 4.78 is 5.60. The molecule has 1 saturated carbocycles. The van der Waals surface area contributed by atoms with Crippen molar-refractivity contribution in [3.63, 3.8) is 0 Å². The number of nitrogen functional groups attached to an aromatic ring is 1. The summed E-state index contributed by atoms with van der Waals surface area (Å²) in [6, 6.07) is 7.37. The van der Waals surface area contributed by atoms with Crippen LogP contribution < -0.4 is 16.0 Å². The van der Waals surface area contributed by atoms with Crippen LogP contribution >= 0.6 is 0 Å². The Hall–Kier alpha value is -2.74. The molecule has 1 aromatic carbocycles. The molecule has 2 aromatic rings. The average molecular weight is 287 g/mol. The summed E-state index contributed by atoms with van der Waals surface area (Å²) >= 11 is 0. The summed E-state index contributed by atoms with van der Waals surface area (Å²) in [5.41, 5.74) is 2.49. The molecule has 0 bridgehead atoms. The number of nitrogens with zero attached hydrogens (tertiary/aromatic N) is 3. The van der Waals surface area contributed by atoms with E-state index in [4.69, 9.17) is 10.6 Å². The number of benzene rings is 1. The maximum absolute atomic E-state index is 10.6. The van der Waals surface area contributed by atoms with Crippen LogP contribution in [0.3, 0.4) is 0 Å². The van der Waals surface area contributed by atoms with Gasteiger partial charge in [-0.25, -0.2) is 10.8 Å². The molecule has 3 N–H and O–H groups in total. The second-order valence-corrected chi connectivity index (χ2v) is 4.72. The van der Waals surface area contributed by atoms with Crippen molar-refractivity contribution in [2.45, 2.75) is 18.8 Å². The molecular weight excluding hydrogens is 274 g/mol. The summed E-state index contributed by atoms with van der Waals surface area (Å²) in [6.45, 7) is 0. The number of anilines is 1. The molecule has 3 rings (SSSR count). The van der Waals surface area contributed by atoms with Crippen LogP contribution in [0.2, 0.25) is 0 Å². The fourth-order valence-electron chi connectivity index (χ4n) is 1.85. The molecular formula is C13H13N5O3. The lowest BCUT2D eigenvalue weighted by Crippen LogP contribution is -2.10. The van der Waals surface area contributed by atoms with Crippen LogP contribution in [0, 0.1) is 10.1 Å². The Morgan fingerprint density at radius 3 is 2.57 bits per heavy atom. The minimum absolute atomic E-state index is 0.00743. The van der Waals surface area contributed by atoms with E-state index in [9.17, 15) is 10.1 Å². The van der Waals surface area contributed by atoms with Gasteiger partial charge in [-0.05, 0) is 25.0 Å². The predicted octanol–water partition coefficient (Wildman–Crippen LogP) is 2.34. The number of aromatic nitrogens is 2. The molecule has 8 nitrogen and oxygen atoms in total. The molecule has 8 heteroatoms. The number of hydrogen-bond acceptors (Lipinski definition) is 7. The van der Waals surface area contributed by atoms with Gasteiger partial charge in [-0.15, -0.1) is 0 Å². The molecule has 0 unspecified atom stereocenters. The molecule has 0 radical (unpaired) electrons. The van der Waals surface area contributed by atoms with Gasteiger partial charge in [0, 0.05) is 24.1 Å². The van der Waals surface area contributed by atoms with Crippen molar-refractivity contribution in [3.05, 3.63) is 46.3 Å². The number of nitro groups is 1. The fraction of sp³-hybridized carbons (Fsp3) is 0.231. The largest absolute Gasteiger partial charge is 0.439 e. The van der Waals surface area contributed by atoms with E-state index < -0.39 is 4.92 Å². The molecule has 0 amide bonds. The highest BCUT2D eigenvalue weighted by Crippen LogP contribution is 2.39. The zero-order valence-corrected chi connectivity index (χ0v) is 11.0. The number of nitro benzene ring substituents is 1. The third-order valence-electron chi connectivity index (χ3n) is 3.08. The van der Waals surface area contributed by atoms with Crippen molar-refractivity contribution >= 4 is 11.5 Å². The smallest absolute Gasteiger partial charge is 0.269 e. The van der Waals surface area contributed by atoms with Crippen LogP contribution in [0.15, 0.2) is 30.3 Å². The summed E-state index contributed by atoms with van der Waals surface area (Å²) in [7, 11) is 0. The second-order valence-electron chi connectivity index (χ2n) is 4.72. The predicted molar refractivity (Wildman–Crippen MR) is 75.0 cm³/mol. The molecule has 1 aliphatic rings. The van der Waals surface area contributed by atoms with Gasteiger partial charge in [0.15, 0.2) is 0 Å². The second kappa shape index (κ2) is 5.33. The van der Waals surface area contributed by atoms with E-state index in [1.807, 2.05) is 0 Å².